The molecule has 4 rings (SSSR count). The molecule has 0 unspecified atom stereocenters. The molecule has 0 atom stereocenters. The average molecular weight is 395 g/mol. The molecule has 7 heteroatoms. The van der Waals surface area contributed by atoms with Gasteiger partial charge in [0.25, 0.3) is 5.91 Å². The Hall–Kier alpha value is -3.19. The summed E-state index contributed by atoms with van der Waals surface area (Å²) in [7, 11) is 3.31. The van der Waals surface area contributed by atoms with Crippen LogP contribution < -0.4 is 9.64 Å². The van der Waals surface area contributed by atoms with Crippen molar-refractivity contribution in [1.82, 2.24) is 9.78 Å². The van der Waals surface area contributed by atoms with Crippen LogP contribution in [0.1, 0.15) is 15.4 Å². The molecule has 0 aliphatic heterocycles. The summed E-state index contributed by atoms with van der Waals surface area (Å²) in [6.45, 7) is 1.90. The van der Waals surface area contributed by atoms with Crippen LogP contribution in [0, 0.1) is 12.7 Å². The third-order valence-corrected chi connectivity index (χ3v) is 5.68. The molecule has 2 aromatic heterocycles. The average Bonchev–Trinajstić information content (AvgIpc) is 3.28. The number of ether oxygens (including phenoxy) is 1. The Kier molecular flexibility index (Phi) is 4.60. The van der Waals surface area contributed by atoms with Crippen molar-refractivity contribution in [3.63, 3.8) is 0 Å². The van der Waals surface area contributed by atoms with Gasteiger partial charge in [-0.1, -0.05) is 12.1 Å². The predicted molar refractivity (Wildman–Crippen MR) is 109 cm³/mol. The van der Waals surface area contributed by atoms with Gasteiger partial charge in [0, 0.05) is 12.4 Å². The van der Waals surface area contributed by atoms with E-state index in [1.165, 1.54) is 23.5 Å². The van der Waals surface area contributed by atoms with E-state index < -0.39 is 0 Å². The lowest BCUT2D eigenvalue weighted by Gasteiger charge is -2.19. The van der Waals surface area contributed by atoms with Gasteiger partial charge in [-0.05, 0) is 49.4 Å². The number of aromatic nitrogens is 2. The molecule has 0 spiro atoms. The molecule has 4 aromatic rings. The summed E-state index contributed by atoms with van der Waals surface area (Å²) in [6, 6.07) is 15.4. The van der Waals surface area contributed by atoms with Gasteiger partial charge in [0.2, 0.25) is 0 Å². The van der Waals surface area contributed by atoms with Gasteiger partial charge in [0.1, 0.15) is 16.4 Å². The van der Waals surface area contributed by atoms with Gasteiger partial charge in [-0.2, -0.15) is 5.10 Å². The number of nitrogens with zero attached hydrogens (tertiary/aromatic N) is 3. The molecule has 0 aliphatic rings. The highest BCUT2D eigenvalue weighted by Crippen LogP contribution is 2.33. The maximum absolute atomic E-state index is 13.3. The zero-order valence-electron chi connectivity index (χ0n) is 15.6. The fraction of sp³-hybridized carbons (Fsp3) is 0.143. The first-order valence-electron chi connectivity index (χ1n) is 8.66. The Labute approximate surface area is 165 Å². The van der Waals surface area contributed by atoms with Crippen molar-refractivity contribution in [3.8, 4) is 11.4 Å². The molecule has 0 N–H and O–H groups in total. The minimum Gasteiger partial charge on any atom is -0.495 e. The van der Waals surface area contributed by atoms with E-state index in [1.807, 2.05) is 37.3 Å². The first kappa shape index (κ1) is 18.2. The van der Waals surface area contributed by atoms with E-state index in [-0.39, 0.29) is 11.7 Å². The molecule has 5 nitrogen and oxygen atoms in total. The summed E-state index contributed by atoms with van der Waals surface area (Å²) in [5.74, 6) is 0.202. The van der Waals surface area contributed by atoms with Crippen molar-refractivity contribution >= 4 is 33.1 Å². The summed E-state index contributed by atoms with van der Waals surface area (Å²) in [4.78, 5) is 16.1. The van der Waals surface area contributed by atoms with Crippen molar-refractivity contribution in [1.29, 1.82) is 0 Å². The Morgan fingerprint density at radius 3 is 2.61 bits per heavy atom. The zero-order chi connectivity index (χ0) is 19.8. The lowest BCUT2D eigenvalue weighted by atomic mass is 10.2. The highest BCUT2D eigenvalue weighted by atomic mass is 32.1. The van der Waals surface area contributed by atoms with Gasteiger partial charge < -0.3 is 9.64 Å². The van der Waals surface area contributed by atoms with Crippen LogP contribution in [0.25, 0.3) is 15.9 Å². The number of halogens is 1. The molecule has 2 heterocycles. The van der Waals surface area contributed by atoms with Gasteiger partial charge >= 0.3 is 0 Å². The fourth-order valence-corrected chi connectivity index (χ4v) is 4.25. The van der Waals surface area contributed by atoms with E-state index in [4.69, 9.17) is 4.74 Å². The number of aryl methyl sites for hydroxylation is 1. The topological polar surface area (TPSA) is 47.4 Å². The van der Waals surface area contributed by atoms with Gasteiger partial charge in [0.15, 0.2) is 0 Å². The second-order valence-corrected chi connectivity index (χ2v) is 7.37. The first-order chi connectivity index (χ1) is 13.5. The minimum atomic E-state index is -0.302. The molecule has 1 amide bonds. The van der Waals surface area contributed by atoms with Crippen molar-refractivity contribution < 1.29 is 13.9 Å². The molecule has 0 saturated heterocycles. The number of rotatable bonds is 4. The normalized spacial score (nSPS) is 11.0. The van der Waals surface area contributed by atoms with Crippen LogP contribution in [0.15, 0.2) is 54.6 Å². The highest BCUT2D eigenvalue weighted by molar-refractivity contribution is 7.20. The molecule has 0 aliphatic carbocycles. The quantitative estimate of drug-likeness (QED) is 0.498. The Morgan fingerprint density at radius 2 is 1.89 bits per heavy atom. The van der Waals surface area contributed by atoms with E-state index in [0.29, 0.717) is 16.3 Å². The molecule has 0 radical (unpaired) electrons. The molecule has 28 heavy (non-hydrogen) atoms. The van der Waals surface area contributed by atoms with Crippen LogP contribution in [-0.2, 0) is 0 Å². The molecular weight excluding hydrogens is 377 g/mol. The predicted octanol–water partition coefficient (Wildman–Crippen LogP) is 4.82. The summed E-state index contributed by atoms with van der Waals surface area (Å²) in [5.41, 5.74) is 2.26. The lowest BCUT2D eigenvalue weighted by Crippen LogP contribution is -2.25. The molecule has 0 fully saturated rings. The number of anilines is 1. The lowest BCUT2D eigenvalue weighted by molar-refractivity contribution is 0.0996. The van der Waals surface area contributed by atoms with E-state index in [1.54, 1.807) is 35.9 Å². The zero-order valence-corrected chi connectivity index (χ0v) is 16.5. The minimum absolute atomic E-state index is 0.129. The second kappa shape index (κ2) is 7.09. The van der Waals surface area contributed by atoms with Gasteiger partial charge in [0.05, 0.1) is 29.1 Å². The summed E-state index contributed by atoms with van der Waals surface area (Å²) >= 11 is 1.36. The van der Waals surface area contributed by atoms with Crippen molar-refractivity contribution in [2.24, 2.45) is 0 Å². The van der Waals surface area contributed by atoms with E-state index >= 15 is 0 Å². The fourth-order valence-electron chi connectivity index (χ4n) is 3.09. The number of carbonyl (C=O) groups excluding carboxylic acids is 1. The number of hydrogen-bond acceptors (Lipinski definition) is 4. The summed E-state index contributed by atoms with van der Waals surface area (Å²) in [6.07, 6.45) is 0. The third-order valence-electron chi connectivity index (χ3n) is 4.58. The number of benzene rings is 2. The van der Waals surface area contributed by atoms with Gasteiger partial charge in [-0.3, -0.25) is 4.79 Å². The molecular formula is C21H18FN3O2S. The van der Waals surface area contributed by atoms with Crippen LogP contribution in [0.3, 0.4) is 0 Å². The number of amides is 1. The number of para-hydroxylation sites is 2. The van der Waals surface area contributed by atoms with Crippen LogP contribution in [0.5, 0.6) is 5.75 Å². The van der Waals surface area contributed by atoms with Gasteiger partial charge in [-0.25, -0.2) is 9.07 Å². The monoisotopic (exact) mass is 395 g/mol. The highest BCUT2D eigenvalue weighted by Gasteiger charge is 2.22. The number of carbonyl (C=O) groups is 1. The van der Waals surface area contributed by atoms with E-state index in [0.717, 1.165) is 21.6 Å². The van der Waals surface area contributed by atoms with Crippen LogP contribution in [0.2, 0.25) is 0 Å². The SMILES string of the molecule is COc1ccccc1N(C)C(=O)c1cc2c(C)nn(-c3ccc(F)cc3)c2s1. The first-order valence-corrected chi connectivity index (χ1v) is 9.47. The van der Waals surface area contributed by atoms with Gasteiger partial charge in [-0.15, -0.1) is 11.3 Å². The number of thiophene rings is 1. The number of hydrogen-bond donors (Lipinski definition) is 0. The third kappa shape index (κ3) is 3.03. The van der Waals surface area contributed by atoms with Crippen molar-refractivity contribution in [2.75, 3.05) is 19.1 Å². The molecule has 0 saturated carbocycles. The summed E-state index contributed by atoms with van der Waals surface area (Å²) in [5, 5.41) is 5.45. The maximum atomic E-state index is 13.3. The van der Waals surface area contributed by atoms with Crippen LogP contribution in [-0.4, -0.2) is 29.8 Å². The Morgan fingerprint density at radius 1 is 1.18 bits per heavy atom. The largest absolute Gasteiger partial charge is 0.495 e. The van der Waals surface area contributed by atoms with Crippen molar-refractivity contribution in [3.05, 3.63) is 71.0 Å². The smallest absolute Gasteiger partial charge is 0.268 e. The van der Waals surface area contributed by atoms with Crippen LogP contribution >= 0.6 is 11.3 Å². The standard InChI is InChI=1S/C21H18FN3O2S/c1-13-16-12-19(20(26)24(2)17-6-4-5-7-18(17)27-3)28-21(16)25(23-13)15-10-8-14(22)9-11-15/h4-12H,1-3H3. The van der Waals surface area contributed by atoms with E-state index in [2.05, 4.69) is 5.10 Å². The molecule has 2 aromatic carbocycles. The van der Waals surface area contributed by atoms with E-state index in [9.17, 15) is 9.18 Å². The number of methoxy groups -OCH3 is 1. The Balaban J connectivity index is 1.74. The van der Waals surface area contributed by atoms with Crippen LogP contribution in [0.4, 0.5) is 10.1 Å². The number of fused-ring (bicyclic) bond motifs is 1. The second-order valence-electron chi connectivity index (χ2n) is 6.34. The summed E-state index contributed by atoms with van der Waals surface area (Å²) < 4.78 is 20.4. The maximum Gasteiger partial charge on any atom is 0.268 e. The Bertz CT molecular complexity index is 1160. The van der Waals surface area contributed by atoms with Crippen molar-refractivity contribution in [2.45, 2.75) is 6.92 Å². The molecule has 0 bridgehead atoms. The molecule has 142 valence electrons.